The summed E-state index contributed by atoms with van der Waals surface area (Å²) in [6, 6.07) is 15.4. The third kappa shape index (κ3) is 3.66. The molecular formula is C26H25ClN4O3. The van der Waals surface area contributed by atoms with Crippen molar-refractivity contribution in [2.75, 3.05) is 14.2 Å². The van der Waals surface area contributed by atoms with Crippen molar-refractivity contribution in [2.45, 2.75) is 30.9 Å². The molecule has 0 fully saturated rings. The van der Waals surface area contributed by atoms with Gasteiger partial charge in [0.1, 0.15) is 17.1 Å². The lowest BCUT2D eigenvalue weighted by Crippen LogP contribution is -2.51. The molecule has 1 aromatic heterocycles. The van der Waals surface area contributed by atoms with Gasteiger partial charge in [-0.25, -0.2) is 4.99 Å². The molecule has 7 nitrogen and oxygen atoms in total. The van der Waals surface area contributed by atoms with Crippen LogP contribution in [-0.2, 0) is 16.8 Å². The number of methoxy groups -OCH3 is 1. The number of rotatable bonds is 4. The van der Waals surface area contributed by atoms with Gasteiger partial charge < -0.3 is 15.2 Å². The number of amides is 1. The quantitative estimate of drug-likeness (QED) is 0.610. The predicted octanol–water partition coefficient (Wildman–Crippen LogP) is 4.18. The first-order valence-electron chi connectivity index (χ1n) is 10.9. The van der Waals surface area contributed by atoms with E-state index in [1.807, 2.05) is 55.5 Å². The standard InChI is InChI=1S/C26H25ClN4O3/c1-25(12-16-4-7-20(33-3)8-5-16)15-26(23(32)31(2)24(28)30-26)21-11-17(6-9-22(21)34-25)18-10-19(27)14-29-13-18/h4-11,13-14H,12,15H2,1-3H3,(H2,28,30)/t25-,26?/m1/s1. The first kappa shape index (κ1) is 22.2. The maximum absolute atomic E-state index is 13.6. The molecule has 174 valence electrons. The largest absolute Gasteiger partial charge is 0.497 e. The van der Waals surface area contributed by atoms with Gasteiger partial charge >= 0.3 is 0 Å². The lowest BCUT2D eigenvalue weighted by atomic mass is 9.74. The number of hydrogen-bond acceptors (Lipinski definition) is 6. The smallest absolute Gasteiger partial charge is 0.261 e. The molecule has 2 aliphatic heterocycles. The Kier molecular flexibility index (Phi) is 5.24. The molecule has 5 rings (SSSR count). The van der Waals surface area contributed by atoms with Crippen LogP contribution in [0.3, 0.4) is 0 Å². The number of halogens is 1. The van der Waals surface area contributed by atoms with Crippen LogP contribution in [0.25, 0.3) is 11.1 Å². The normalized spacial score (nSPS) is 23.5. The number of fused-ring (bicyclic) bond motifs is 2. The molecule has 3 heterocycles. The van der Waals surface area contributed by atoms with E-state index in [9.17, 15) is 4.79 Å². The van der Waals surface area contributed by atoms with Gasteiger partial charge in [-0.1, -0.05) is 29.8 Å². The third-order valence-corrected chi connectivity index (χ3v) is 6.70. The summed E-state index contributed by atoms with van der Waals surface area (Å²) in [5.74, 6) is 1.42. The Morgan fingerprint density at radius 2 is 1.91 bits per heavy atom. The zero-order valence-electron chi connectivity index (χ0n) is 19.2. The average molecular weight is 477 g/mol. The molecule has 0 saturated heterocycles. The van der Waals surface area contributed by atoms with Gasteiger partial charge in [0.05, 0.1) is 12.1 Å². The van der Waals surface area contributed by atoms with Crippen molar-refractivity contribution in [1.29, 1.82) is 0 Å². The molecule has 34 heavy (non-hydrogen) atoms. The molecular weight excluding hydrogens is 452 g/mol. The maximum Gasteiger partial charge on any atom is 0.261 e. The molecule has 2 aromatic carbocycles. The minimum Gasteiger partial charge on any atom is -0.497 e. The molecule has 0 saturated carbocycles. The van der Waals surface area contributed by atoms with E-state index in [1.165, 1.54) is 4.90 Å². The van der Waals surface area contributed by atoms with Crippen molar-refractivity contribution < 1.29 is 14.3 Å². The van der Waals surface area contributed by atoms with Crippen LogP contribution < -0.4 is 15.2 Å². The zero-order chi connectivity index (χ0) is 24.1. The number of guanidine groups is 1. The van der Waals surface area contributed by atoms with Crippen LogP contribution in [-0.4, -0.2) is 41.5 Å². The minimum atomic E-state index is -1.17. The predicted molar refractivity (Wildman–Crippen MR) is 131 cm³/mol. The van der Waals surface area contributed by atoms with Crippen molar-refractivity contribution in [3.8, 4) is 22.6 Å². The van der Waals surface area contributed by atoms with E-state index < -0.39 is 11.1 Å². The molecule has 0 aliphatic carbocycles. The van der Waals surface area contributed by atoms with Crippen LogP contribution in [0.1, 0.15) is 24.5 Å². The summed E-state index contributed by atoms with van der Waals surface area (Å²) in [5.41, 5.74) is 7.75. The number of carbonyl (C=O) groups excluding carboxylic acids is 1. The van der Waals surface area contributed by atoms with Crippen LogP contribution in [0.4, 0.5) is 0 Å². The lowest BCUT2D eigenvalue weighted by Gasteiger charge is -2.43. The number of nitrogens with two attached hydrogens (primary N) is 1. The number of ether oxygens (including phenoxy) is 2. The Morgan fingerprint density at radius 3 is 2.56 bits per heavy atom. The Morgan fingerprint density at radius 1 is 1.15 bits per heavy atom. The van der Waals surface area contributed by atoms with Crippen LogP contribution in [0.5, 0.6) is 11.5 Å². The number of benzene rings is 2. The molecule has 2 N–H and O–H groups in total. The highest BCUT2D eigenvalue weighted by Crippen LogP contribution is 2.50. The third-order valence-electron chi connectivity index (χ3n) is 6.49. The van der Waals surface area contributed by atoms with E-state index in [4.69, 9.17) is 31.8 Å². The molecule has 0 bridgehead atoms. The first-order chi connectivity index (χ1) is 16.2. The van der Waals surface area contributed by atoms with Gasteiger partial charge in [0.15, 0.2) is 11.5 Å². The van der Waals surface area contributed by atoms with Crippen LogP contribution in [0.15, 0.2) is 65.9 Å². The van der Waals surface area contributed by atoms with E-state index in [-0.39, 0.29) is 11.9 Å². The molecule has 3 aromatic rings. The van der Waals surface area contributed by atoms with Crippen molar-refractivity contribution in [2.24, 2.45) is 10.7 Å². The van der Waals surface area contributed by atoms with Crippen molar-refractivity contribution >= 4 is 23.5 Å². The van der Waals surface area contributed by atoms with E-state index >= 15 is 0 Å². The molecule has 0 radical (unpaired) electrons. The molecule has 2 aliphatic rings. The van der Waals surface area contributed by atoms with E-state index in [2.05, 4.69) is 4.98 Å². The summed E-state index contributed by atoms with van der Waals surface area (Å²) in [4.78, 5) is 23.9. The summed E-state index contributed by atoms with van der Waals surface area (Å²) < 4.78 is 11.8. The van der Waals surface area contributed by atoms with Crippen LogP contribution >= 0.6 is 11.6 Å². The summed E-state index contributed by atoms with van der Waals surface area (Å²) >= 11 is 6.16. The van der Waals surface area contributed by atoms with Crippen LogP contribution in [0, 0.1) is 0 Å². The maximum atomic E-state index is 13.6. The van der Waals surface area contributed by atoms with Crippen molar-refractivity contribution in [3.63, 3.8) is 0 Å². The van der Waals surface area contributed by atoms with Gasteiger partial charge in [-0.05, 0) is 48.4 Å². The second-order valence-corrected chi connectivity index (χ2v) is 9.49. The second kappa shape index (κ2) is 8.02. The lowest BCUT2D eigenvalue weighted by molar-refractivity contribution is -0.133. The topological polar surface area (TPSA) is 90.0 Å². The molecule has 1 spiro atoms. The Balaban J connectivity index is 1.60. The van der Waals surface area contributed by atoms with Gasteiger partial charge in [-0.3, -0.25) is 14.7 Å². The fourth-order valence-corrected chi connectivity index (χ4v) is 5.07. The van der Waals surface area contributed by atoms with E-state index in [1.54, 1.807) is 26.6 Å². The summed E-state index contributed by atoms with van der Waals surface area (Å²) in [6.07, 6.45) is 4.25. The van der Waals surface area contributed by atoms with Gasteiger partial charge in [-0.2, -0.15) is 0 Å². The molecule has 1 unspecified atom stereocenters. The Bertz CT molecular complexity index is 1310. The highest BCUT2D eigenvalue weighted by atomic mass is 35.5. The number of nitrogens with zero attached hydrogens (tertiary/aromatic N) is 3. The van der Waals surface area contributed by atoms with Gasteiger partial charge in [-0.15, -0.1) is 0 Å². The number of aromatic nitrogens is 1. The number of pyridine rings is 1. The highest BCUT2D eigenvalue weighted by Gasteiger charge is 2.56. The van der Waals surface area contributed by atoms with Gasteiger partial charge in [0.25, 0.3) is 5.91 Å². The van der Waals surface area contributed by atoms with Crippen LogP contribution in [0.2, 0.25) is 5.02 Å². The summed E-state index contributed by atoms with van der Waals surface area (Å²) in [5, 5.41) is 0.534. The van der Waals surface area contributed by atoms with E-state index in [0.717, 1.165) is 22.4 Å². The molecule has 1 amide bonds. The zero-order valence-corrected chi connectivity index (χ0v) is 20.0. The molecule has 8 heteroatoms. The number of aliphatic imine (C=N–C) groups is 1. The van der Waals surface area contributed by atoms with Crippen molar-refractivity contribution in [3.05, 3.63) is 77.1 Å². The number of likely N-dealkylation sites (N-methyl/N-ethyl adjacent to an activating group) is 1. The first-order valence-corrected chi connectivity index (χ1v) is 11.3. The molecule has 2 atom stereocenters. The summed E-state index contributed by atoms with van der Waals surface area (Å²) in [7, 11) is 3.29. The summed E-state index contributed by atoms with van der Waals surface area (Å²) in [6.45, 7) is 2.01. The van der Waals surface area contributed by atoms with Gasteiger partial charge in [0.2, 0.25) is 0 Å². The minimum absolute atomic E-state index is 0.170. The second-order valence-electron chi connectivity index (χ2n) is 9.05. The fraction of sp³-hybridized carbons (Fsp3) is 0.269. The SMILES string of the molecule is COc1ccc(C[C@]2(C)CC3(N=C(N)N(C)C3=O)c3cc(-c4cncc(Cl)c4)ccc3O2)cc1. The van der Waals surface area contributed by atoms with Gasteiger partial charge in [0, 0.05) is 43.4 Å². The highest BCUT2D eigenvalue weighted by molar-refractivity contribution is 6.30. The number of carbonyl (C=O) groups is 1. The Labute approximate surface area is 203 Å². The Hall–Kier alpha value is -3.58. The fourth-order valence-electron chi connectivity index (χ4n) is 4.89. The monoisotopic (exact) mass is 476 g/mol. The van der Waals surface area contributed by atoms with E-state index in [0.29, 0.717) is 29.2 Å². The van der Waals surface area contributed by atoms with Crippen molar-refractivity contribution in [1.82, 2.24) is 9.88 Å². The average Bonchev–Trinajstić information content (AvgIpc) is 3.02. The number of hydrogen-bond donors (Lipinski definition) is 1.